The molecule has 17 heteroatoms. The first-order valence-electron chi connectivity index (χ1n) is 24.4. The number of hydrogen-bond donors (Lipinski definition) is 2. The van der Waals surface area contributed by atoms with E-state index in [4.69, 9.17) is 20.6 Å². The second-order valence-electron chi connectivity index (χ2n) is 19.3. The van der Waals surface area contributed by atoms with Gasteiger partial charge in [0.05, 0.1) is 22.6 Å². The SMILES string of the molecule is Nc1ncnc2c1c(-c1ccc(Oc3ccccc3)cc1)nn2[C@@H]1CCCN(C2CCN(C(=O)N3CCC(C4CCN(c5ccc6c(c5)C(=O)N(C5CCC(=O)NC5=O)C6=O)CC4)CC3)CC2)C1. The number of imide groups is 2. The number of likely N-dealkylation sites (tertiary alicyclic amines) is 3. The standard InChI is InChI=1S/C51H57N11O6/c52-46-44-45(34-8-11-39(12-9-34)68-38-6-2-1-3-7-38)56-62(47(44)54-31-53-46)37-5-4-22-60(30-37)35-20-27-59(28-21-35)51(67)58-25-18-33(19-26-58)32-16-23-57(24-17-32)36-10-13-40-41(29-36)50(66)61(49(40)65)42-14-15-43(63)55-48(42)64/h1-3,6-13,29,31-33,35,37,42H,4-5,14-28,30H2,(H2,52,53,54)(H,55,63,64)/t37-,42?/m1/s1. The molecule has 352 valence electrons. The predicted octanol–water partition coefficient (Wildman–Crippen LogP) is 6.12. The monoisotopic (exact) mass is 919 g/mol. The minimum absolute atomic E-state index is 0.0903. The number of piperidine rings is 5. The van der Waals surface area contributed by atoms with Crippen LogP contribution in [0.2, 0.25) is 0 Å². The zero-order valence-corrected chi connectivity index (χ0v) is 38.2. The average Bonchev–Trinajstić information content (AvgIpc) is 3.89. The molecule has 0 spiro atoms. The Morgan fingerprint density at radius 2 is 1.37 bits per heavy atom. The van der Waals surface area contributed by atoms with Crippen LogP contribution in [0.1, 0.15) is 91.0 Å². The molecular weight excluding hydrogens is 863 g/mol. The summed E-state index contributed by atoms with van der Waals surface area (Å²) in [6.45, 7) is 6.63. The fourth-order valence-corrected chi connectivity index (χ4v) is 11.7. The Morgan fingerprint density at radius 1 is 0.691 bits per heavy atom. The molecule has 2 atom stereocenters. The molecule has 5 saturated heterocycles. The molecule has 5 aromatic rings. The van der Waals surface area contributed by atoms with E-state index in [0.29, 0.717) is 34.8 Å². The summed E-state index contributed by atoms with van der Waals surface area (Å²) in [7, 11) is 0. The van der Waals surface area contributed by atoms with Crippen molar-refractivity contribution >= 4 is 52.2 Å². The largest absolute Gasteiger partial charge is 0.457 e. The van der Waals surface area contributed by atoms with Crippen molar-refractivity contribution in [1.29, 1.82) is 0 Å². The Bertz CT molecular complexity index is 2740. The first kappa shape index (κ1) is 43.7. The van der Waals surface area contributed by atoms with Gasteiger partial charge in [0.2, 0.25) is 11.8 Å². The molecule has 6 aliphatic rings. The highest BCUT2D eigenvalue weighted by molar-refractivity contribution is 6.23. The quantitative estimate of drug-likeness (QED) is 0.170. The number of benzene rings is 3. The van der Waals surface area contributed by atoms with Crippen molar-refractivity contribution in [3.05, 3.63) is 90.3 Å². The molecule has 6 amide bonds. The molecule has 3 N–H and O–H groups in total. The molecule has 5 fully saturated rings. The molecule has 17 nitrogen and oxygen atoms in total. The van der Waals surface area contributed by atoms with E-state index in [1.54, 1.807) is 12.1 Å². The van der Waals surface area contributed by atoms with Crippen LogP contribution in [0.4, 0.5) is 16.3 Å². The van der Waals surface area contributed by atoms with Crippen LogP contribution in [0, 0.1) is 11.8 Å². The number of ether oxygens (including phenoxy) is 1. The van der Waals surface area contributed by atoms with E-state index in [2.05, 4.69) is 34.6 Å². The van der Waals surface area contributed by atoms with Crippen molar-refractivity contribution in [1.82, 2.24) is 44.7 Å². The zero-order valence-electron chi connectivity index (χ0n) is 38.2. The Kier molecular flexibility index (Phi) is 11.8. The number of aromatic nitrogens is 4. The summed E-state index contributed by atoms with van der Waals surface area (Å²) in [6.07, 6.45) is 9.71. The van der Waals surface area contributed by atoms with Crippen LogP contribution in [0.3, 0.4) is 0 Å². The van der Waals surface area contributed by atoms with Gasteiger partial charge in [0.1, 0.15) is 35.4 Å². The normalized spacial score (nSPS) is 22.5. The topological polar surface area (TPSA) is 192 Å². The number of amides is 6. The highest BCUT2D eigenvalue weighted by Gasteiger charge is 2.45. The third-order valence-corrected chi connectivity index (χ3v) is 15.5. The van der Waals surface area contributed by atoms with Gasteiger partial charge in [0.15, 0.2) is 5.65 Å². The van der Waals surface area contributed by atoms with Gasteiger partial charge in [-0.25, -0.2) is 19.4 Å². The van der Waals surface area contributed by atoms with E-state index < -0.39 is 29.7 Å². The summed E-state index contributed by atoms with van der Waals surface area (Å²) in [5.41, 5.74) is 10.4. The van der Waals surface area contributed by atoms with Crippen LogP contribution in [0.15, 0.2) is 79.1 Å². The van der Waals surface area contributed by atoms with E-state index in [9.17, 15) is 24.0 Å². The second kappa shape index (κ2) is 18.3. The molecule has 68 heavy (non-hydrogen) atoms. The van der Waals surface area contributed by atoms with Gasteiger partial charge in [-0.1, -0.05) is 18.2 Å². The molecule has 1 unspecified atom stereocenters. The average molecular weight is 920 g/mol. The lowest BCUT2D eigenvalue weighted by Crippen LogP contribution is -2.54. The Hall–Kier alpha value is -6.88. The minimum Gasteiger partial charge on any atom is -0.457 e. The molecule has 3 aromatic carbocycles. The van der Waals surface area contributed by atoms with E-state index in [1.807, 2.05) is 60.7 Å². The van der Waals surface area contributed by atoms with Crippen LogP contribution < -0.4 is 20.7 Å². The third-order valence-electron chi connectivity index (χ3n) is 15.5. The van der Waals surface area contributed by atoms with Crippen LogP contribution in [-0.2, 0) is 9.59 Å². The number of carbonyl (C=O) groups excluding carboxylic acids is 5. The number of nitrogens with zero attached hydrogens (tertiary/aromatic N) is 9. The second-order valence-corrected chi connectivity index (χ2v) is 19.3. The van der Waals surface area contributed by atoms with Crippen molar-refractivity contribution in [2.75, 3.05) is 63.0 Å². The fraction of sp³-hybridized carbons (Fsp3) is 0.451. The van der Waals surface area contributed by atoms with Crippen LogP contribution in [-0.4, -0.2) is 133 Å². The number of fused-ring (bicyclic) bond motifs is 2. The minimum atomic E-state index is -0.977. The van der Waals surface area contributed by atoms with Gasteiger partial charge < -0.3 is 25.2 Å². The molecular formula is C51H57N11O6. The number of urea groups is 1. The zero-order chi connectivity index (χ0) is 46.5. The molecule has 0 saturated carbocycles. The smallest absolute Gasteiger partial charge is 0.319 e. The van der Waals surface area contributed by atoms with Crippen molar-refractivity contribution in [2.24, 2.45) is 11.8 Å². The highest BCUT2D eigenvalue weighted by atomic mass is 16.5. The van der Waals surface area contributed by atoms with Crippen LogP contribution >= 0.6 is 0 Å². The van der Waals surface area contributed by atoms with Gasteiger partial charge in [0, 0.05) is 69.5 Å². The summed E-state index contributed by atoms with van der Waals surface area (Å²) < 4.78 is 8.10. The molecule has 11 rings (SSSR count). The van der Waals surface area contributed by atoms with Crippen molar-refractivity contribution in [3.63, 3.8) is 0 Å². The maximum Gasteiger partial charge on any atom is 0.319 e. The summed E-state index contributed by atoms with van der Waals surface area (Å²) in [5, 5.41) is 8.19. The van der Waals surface area contributed by atoms with Gasteiger partial charge in [0.25, 0.3) is 11.8 Å². The number of carbonyl (C=O) groups is 5. The van der Waals surface area contributed by atoms with E-state index in [1.165, 1.54) is 6.33 Å². The van der Waals surface area contributed by atoms with Gasteiger partial charge in [-0.3, -0.25) is 34.3 Å². The van der Waals surface area contributed by atoms with E-state index in [0.717, 1.165) is 148 Å². The number of nitrogens with two attached hydrogens (primary N) is 1. The van der Waals surface area contributed by atoms with Crippen LogP contribution in [0.5, 0.6) is 11.5 Å². The lowest BCUT2D eigenvalue weighted by molar-refractivity contribution is -0.136. The van der Waals surface area contributed by atoms with Gasteiger partial charge in [-0.05, 0) is 131 Å². The number of nitrogens with one attached hydrogen (secondary N) is 1. The van der Waals surface area contributed by atoms with Crippen molar-refractivity contribution in [2.45, 2.75) is 82.3 Å². The molecule has 0 bridgehead atoms. The first-order valence-corrected chi connectivity index (χ1v) is 24.4. The first-order chi connectivity index (χ1) is 33.2. The lowest BCUT2D eigenvalue weighted by atomic mass is 9.78. The molecule has 8 heterocycles. The maximum absolute atomic E-state index is 13.9. The van der Waals surface area contributed by atoms with Gasteiger partial charge >= 0.3 is 6.03 Å². The Balaban J connectivity index is 0.654. The Morgan fingerprint density at radius 3 is 2.09 bits per heavy atom. The summed E-state index contributed by atoms with van der Waals surface area (Å²) in [4.78, 5) is 83.8. The van der Waals surface area contributed by atoms with Crippen molar-refractivity contribution < 1.29 is 28.7 Å². The van der Waals surface area contributed by atoms with Crippen LogP contribution in [0.25, 0.3) is 22.3 Å². The molecule has 2 aromatic heterocycles. The van der Waals surface area contributed by atoms with E-state index in [-0.39, 0.29) is 24.9 Å². The predicted molar refractivity (Wildman–Crippen MR) is 254 cm³/mol. The summed E-state index contributed by atoms with van der Waals surface area (Å²) in [5.74, 6) is 1.08. The van der Waals surface area contributed by atoms with E-state index >= 15 is 0 Å². The third kappa shape index (κ3) is 8.30. The molecule has 0 aliphatic carbocycles. The number of para-hydroxylation sites is 1. The number of anilines is 2. The molecule has 0 radical (unpaired) electrons. The van der Waals surface area contributed by atoms with Gasteiger partial charge in [-0.2, -0.15) is 5.10 Å². The number of nitrogen functional groups attached to an aromatic ring is 1. The van der Waals surface area contributed by atoms with Crippen molar-refractivity contribution in [3.8, 4) is 22.8 Å². The maximum atomic E-state index is 13.9. The van der Waals surface area contributed by atoms with Gasteiger partial charge in [-0.15, -0.1) is 0 Å². The molecule has 6 aliphatic heterocycles. The fourth-order valence-electron chi connectivity index (χ4n) is 11.7. The number of hydrogen-bond acceptors (Lipinski definition) is 12. The highest BCUT2D eigenvalue weighted by Crippen LogP contribution is 2.38. The summed E-state index contributed by atoms with van der Waals surface area (Å²) >= 11 is 0. The Labute approximate surface area is 394 Å². The summed E-state index contributed by atoms with van der Waals surface area (Å²) in [6, 6.07) is 22.7. The number of rotatable bonds is 8. The lowest BCUT2D eigenvalue weighted by Gasteiger charge is -2.44.